The highest BCUT2D eigenvalue weighted by Gasteiger charge is 2.36. The first-order valence-corrected chi connectivity index (χ1v) is 7.87. The molecule has 1 spiro atoms. The number of aromatic nitrogens is 4. The normalized spacial score (nSPS) is 21.4. The Labute approximate surface area is 129 Å². The lowest BCUT2D eigenvalue weighted by atomic mass is 9.87. The number of aryl methyl sites for hydroxylation is 1. The molecule has 22 heavy (non-hydrogen) atoms. The number of fused-ring (bicyclic) bond motifs is 1. The number of imidazole rings is 1. The van der Waals surface area contributed by atoms with Gasteiger partial charge in [0.05, 0.1) is 24.7 Å². The molecular weight excluding hydrogens is 278 g/mol. The number of hydrogen-bond acceptors (Lipinski definition) is 5. The molecule has 0 amide bonds. The number of hydrogen-bond donors (Lipinski definition) is 0. The molecule has 4 heterocycles. The summed E-state index contributed by atoms with van der Waals surface area (Å²) in [6.07, 6.45) is 9.01. The molecule has 0 bridgehead atoms. The van der Waals surface area contributed by atoms with Crippen LogP contribution in [0.3, 0.4) is 0 Å². The van der Waals surface area contributed by atoms with E-state index in [9.17, 15) is 0 Å². The maximum absolute atomic E-state index is 6.08. The van der Waals surface area contributed by atoms with Crippen molar-refractivity contribution in [2.75, 3.05) is 24.6 Å². The van der Waals surface area contributed by atoms with Gasteiger partial charge in [-0.15, -0.1) is 0 Å². The second-order valence-corrected chi connectivity index (χ2v) is 6.38. The molecule has 2 aliphatic rings. The average molecular weight is 299 g/mol. The molecule has 0 N–H and O–H groups in total. The Balaban J connectivity index is 1.54. The molecule has 1 fully saturated rings. The molecule has 0 atom stereocenters. The lowest BCUT2D eigenvalue weighted by Gasteiger charge is -2.42. The SMILES string of the molecule is CC1=CC2(CCN(c3ncc4c(ncn4C)n3)CC2)OCC1. The van der Waals surface area contributed by atoms with Crippen molar-refractivity contribution in [3.05, 3.63) is 24.2 Å². The highest BCUT2D eigenvalue weighted by atomic mass is 16.5. The van der Waals surface area contributed by atoms with Crippen LogP contribution in [0.2, 0.25) is 0 Å². The van der Waals surface area contributed by atoms with Crippen LogP contribution in [0.4, 0.5) is 5.95 Å². The van der Waals surface area contributed by atoms with Gasteiger partial charge in [0.15, 0.2) is 5.65 Å². The van der Waals surface area contributed by atoms with Crippen LogP contribution in [-0.2, 0) is 11.8 Å². The van der Waals surface area contributed by atoms with Gasteiger partial charge in [0.25, 0.3) is 0 Å². The van der Waals surface area contributed by atoms with Crippen LogP contribution in [0, 0.1) is 0 Å². The van der Waals surface area contributed by atoms with E-state index in [0.717, 1.165) is 56.1 Å². The van der Waals surface area contributed by atoms with Gasteiger partial charge in [-0.05, 0) is 26.2 Å². The van der Waals surface area contributed by atoms with Gasteiger partial charge in [-0.1, -0.05) is 11.6 Å². The minimum Gasteiger partial charge on any atom is -0.370 e. The number of ether oxygens (including phenoxy) is 1. The predicted molar refractivity (Wildman–Crippen MR) is 84.8 cm³/mol. The Morgan fingerprint density at radius 2 is 2.05 bits per heavy atom. The van der Waals surface area contributed by atoms with Gasteiger partial charge in [0.2, 0.25) is 5.95 Å². The van der Waals surface area contributed by atoms with Crippen LogP contribution in [-0.4, -0.2) is 44.8 Å². The minimum atomic E-state index is -0.0616. The molecule has 0 saturated carbocycles. The molecule has 2 aliphatic heterocycles. The lowest BCUT2D eigenvalue weighted by Crippen LogP contribution is -2.47. The first kappa shape index (κ1) is 13.7. The van der Waals surface area contributed by atoms with Gasteiger partial charge in [-0.3, -0.25) is 0 Å². The molecule has 0 aliphatic carbocycles. The molecule has 0 unspecified atom stereocenters. The van der Waals surface area contributed by atoms with Gasteiger partial charge in [-0.25, -0.2) is 9.97 Å². The number of nitrogens with zero attached hydrogens (tertiary/aromatic N) is 5. The van der Waals surface area contributed by atoms with Crippen molar-refractivity contribution in [2.45, 2.75) is 31.8 Å². The van der Waals surface area contributed by atoms with Gasteiger partial charge < -0.3 is 14.2 Å². The number of piperidine rings is 1. The largest absolute Gasteiger partial charge is 0.370 e. The summed E-state index contributed by atoms with van der Waals surface area (Å²) in [4.78, 5) is 15.7. The Bertz CT molecular complexity index is 727. The van der Waals surface area contributed by atoms with Gasteiger partial charge in [-0.2, -0.15) is 4.98 Å². The highest BCUT2D eigenvalue weighted by Crippen LogP contribution is 2.33. The average Bonchev–Trinajstić information content (AvgIpc) is 2.89. The summed E-state index contributed by atoms with van der Waals surface area (Å²) in [6, 6.07) is 0. The lowest BCUT2D eigenvalue weighted by molar-refractivity contribution is -0.0326. The molecule has 2 aromatic heterocycles. The fourth-order valence-electron chi connectivity index (χ4n) is 3.41. The summed E-state index contributed by atoms with van der Waals surface area (Å²) in [5, 5.41) is 0. The third-order valence-electron chi connectivity index (χ3n) is 4.76. The molecule has 0 aromatic carbocycles. The Kier molecular flexibility index (Phi) is 3.14. The summed E-state index contributed by atoms with van der Waals surface area (Å²) in [7, 11) is 1.96. The number of anilines is 1. The molecular formula is C16H21N5O. The fraction of sp³-hybridized carbons (Fsp3) is 0.562. The van der Waals surface area contributed by atoms with E-state index in [4.69, 9.17) is 4.74 Å². The van der Waals surface area contributed by atoms with Crippen molar-refractivity contribution in [3.8, 4) is 0 Å². The van der Waals surface area contributed by atoms with Gasteiger partial charge in [0, 0.05) is 20.1 Å². The molecule has 116 valence electrons. The fourth-order valence-corrected chi connectivity index (χ4v) is 3.41. The van der Waals surface area contributed by atoms with Crippen LogP contribution in [0.1, 0.15) is 26.2 Å². The van der Waals surface area contributed by atoms with Crippen LogP contribution in [0.5, 0.6) is 0 Å². The maximum atomic E-state index is 6.08. The van der Waals surface area contributed by atoms with E-state index in [1.807, 2.05) is 17.8 Å². The van der Waals surface area contributed by atoms with Crippen LogP contribution in [0.15, 0.2) is 24.2 Å². The summed E-state index contributed by atoms with van der Waals surface area (Å²) in [6.45, 7) is 4.89. The smallest absolute Gasteiger partial charge is 0.227 e. The quantitative estimate of drug-likeness (QED) is 0.755. The predicted octanol–water partition coefficient (Wildman–Crippen LogP) is 2.07. The standard InChI is InChI=1S/C16H21N5O/c1-12-3-8-22-16(9-12)4-6-21(7-5-16)15-17-10-13-14(19-15)18-11-20(13)2/h9-11H,3-8H2,1-2H3. The second kappa shape index (κ2) is 5.05. The molecule has 1 saturated heterocycles. The van der Waals surface area contributed by atoms with Crippen LogP contribution >= 0.6 is 0 Å². The van der Waals surface area contributed by atoms with Crippen molar-refractivity contribution >= 4 is 17.1 Å². The summed E-state index contributed by atoms with van der Waals surface area (Å²) in [5.74, 6) is 0.776. The highest BCUT2D eigenvalue weighted by molar-refractivity contribution is 5.70. The van der Waals surface area contributed by atoms with Crippen LogP contribution in [0.25, 0.3) is 11.2 Å². The van der Waals surface area contributed by atoms with Crippen molar-refractivity contribution in [3.63, 3.8) is 0 Å². The first-order valence-electron chi connectivity index (χ1n) is 7.87. The van der Waals surface area contributed by atoms with E-state index in [1.54, 1.807) is 6.33 Å². The summed E-state index contributed by atoms with van der Waals surface area (Å²) < 4.78 is 8.01. The van der Waals surface area contributed by atoms with E-state index in [-0.39, 0.29) is 5.60 Å². The topological polar surface area (TPSA) is 56.1 Å². The Hall–Kier alpha value is -1.95. The van der Waals surface area contributed by atoms with Crippen molar-refractivity contribution in [1.29, 1.82) is 0 Å². The first-order chi connectivity index (χ1) is 10.7. The Morgan fingerprint density at radius 1 is 1.23 bits per heavy atom. The van der Waals surface area contributed by atoms with E-state index in [2.05, 4.69) is 32.9 Å². The molecule has 0 radical (unpaired) electrons. The van der Waals surface area contributed by atoms with Gasteiger partial charge in [0.1, 0.15) is 5.52 Å². The summed E-state index contributed by atoms with van der Waals surface area (Å²) >= 11 is 0. The zero-order chi connectivity index (χ0) is 15.2. The van der Waals surface area contributed by atoms with Crippen LogP contribution < -0.4 is 4.90 Å². The molecule has 4 rings (SSSR count). The molecule has 2 aromatic rings. The van der Waals surface area contributed by atoms with E-state index < -0.39 is 0 Å². The minimum absolute atomic E-state index is 0.0616. The second-order valence-electron chi connectivity index (χ2n) is 6.38. The van der Waals surface area contributed by atoms with Gasteiger partial charge >= 0.3 is 0 Å². The third-order valence-corrected chi connectivity index (χ3v) is 4.76. The molecule has 6 nitrogen and oxygen atoms in total. The molecule has 6 heteroatoms. The van der Waals surface area contributed by atoms with Crippen molar-refractivity contribution in [1.82, 2.24) is 19.5 Å². The Morgan fingerprint density at radius 3 is 2.82 bits per heavy atom. The summed E-state index contributed by atoms with van der Waals surface area (Å²) in [5.41, 5.74) is 3.11. The zero-order valence-corrected chi connectivity index (χ0v) is 13.1. The van der Waals surface area contributed by atoms with Crippen molar-refractivity contribution < 1.29 is 4.74 Å². The zero-order valence-electron chi connectivity index (χ0n) is 13.1. The van der Waals surface area contributed by atoms with E-state index >= 15 is 0 Å². The van der Waals surface area contributed by atoms with E-state index in [1.165, 1.54) is 5.57 Å². The van der Waals surface area contributed by atoms with Crippen molar-refractivity contribution in [2.24, 2.45) is 7.05 Å². The monoisotopic (exact) mass is 299 g/mol. The number of rotatable bonds is 1. The maximum Gasteiger partial charge on any atom is 0.227 e. The van der Waals surface area contributed by atoms with E-state index in [0.29, 0.717) is 0 Å². The third kappa shape index (κ3) is 2.27.